The molecule has 5 aromatic rings. The predicted molar refractivity (Wildman–Crippen MR) is 124 cm³/mol. The van der Waals surface area contributed by atoms with E-state index in [1.165, 1.54) is 18.5 Å². The molecular weight excluding hydrogens is 400 g/mol. The number of rotatable bonds is 5. The summed E-state index contributed by atoms with van der Waals surface area (Å²) in [6, 6.07) is 18.2. The van der Waals surface area contributed by atoms with Gasteiger partial charge in [0.15, 0.2) is 11.5 Å². The Labute approximate surface area is 185 Å². The molecule has 4 heterocycles. The van der Waals surface area contributed by atoms with Gasteiger partial charge in [-0.1, -0.05) is 12.1 Å². The van der Waals surface area contributed by atoms with Crippen molar-refractivity contribution in [2.45, 2.75) is 18.8 Å². The highest BCUT2D eigenvalue weighted by molar-refractivity contribution is 6.07. The molecule has 1 aromatic carbocycles. The molecule has 1 saturated carbocycles. The standard InChI is InChI=1S/C26H22N4O2/c1-31-22-14-17-13-21(16-9-10-16)30-26(18(17)15-23(22)32-2)24(19-7-3-5-11-27-19)25(29-30)20-8-4-6-12-28-20/h3-8,11-16H,9-10H2,1-2H3. The van der Waals surface area contributed by atoms with Crippen molar-refractivity contribution in [2.75, 3.05) is 14.2 Å². The number of ether oxygens (including phenoxy) is 2. The van der Waals surface area contributed by atoms with Crippen LogP contribution in [0, 0.1) is 0 Å². The fourth-order valence-electron chi connectivity index (χ4n) is 4.40. The van der Waals surface area contributed by atoms with Gasteiger partial charge in [-0.25, -0.2) is 4.52 Å². The molecular formula is C26H22N4O2. The first kappa shape index (κ1) is 18.8. The van der Waals surface area contributed by atoms with E-state index in [9.17, 15) is 0 Å². The Morgan fingerprint density at radius 3 is 2.16 bits per heavy atom. The number of pyridine rings is 3. The average molecular weight is 422 g/mol. The smallest absolute Gasteiger partial charge is 0.161 e. The molecule has 0 unspecified atom stereocenters. The van der Waals surface area contributed by atoms with Crippen LogP contribution in [0.25, 0.3) is 38.9 Å². The molecule has 0 aliphatic heterocycles. The average Bonchev–Trinajstić information content (AvgIpc) is 3.62. The number of hydrogen-bond acceptors (Lipinski definition) is 5. The fourth-order valence-corrected chi connectivity index (χ4v) is 4.40. The third-order valence-electron chi connectivity index (χ3n) is 6.07. The molecule has 6 rings (SSSR count). The van der Waals surface area contributed by atoms with Crippen molar-refractivity contribution in [3.05, 3.63) is 72.7 Å². The number of nitrogens with zero attached hydrogens (tertiary/aromatic N) is 4. The van der Waals surface area contributed by atoms with E-state index in [1.807, 2.05) is 48.7 Å². The Kier molecular flexibility index (Phi) is 4.31. The second kappa shape index (κ2) is 7.34. The Bertz CT molecular complexity index is 1440. The van der Waals surface area contributed by atoms with Gasteiger partial charge in [-0.3, -0.25) is 9.97 Å². The quantitative estimate of drug-likeness (QED) is 0.374. The van der Waals surface area contributed by atoms with Gasteiger partial charge < -0.3 is 9.47 Å². The van der Waals surface area contributed by atoms with Crippen LogP contribution >= 0.6 is 0 Å². The minimum absolute atomic E-state index is 0.503. The molecule has 1 aliphatic rings. The minimum atomic E-state index is 0.503. The van der Waals surface area contributed by atoms with Crippen molar-refractivity contribution in [3.8, 4) is 34.1 Å². The van der Waals surface area contributed by atoms with E-state index in [1.54, 1.807) is 20.4 Å². The summed E-state index contributed by atoms with van der Waals surface area (Å²) in [6.45, 7) is 0. The van der Waals surface area contributed by atoms with Gasteiger partial charge in [0.05, 0.1) is 36.7 Å². The van der Waals surface area contributed by atoms with Gasteiger partial charge >= 0.3 is 0 Å². The third kappa shape index (κ3) is 2.91. The zero-order valence-electron chi connectivity index (χ0n) is 17.9. The highest BCUT2D eigenvalue weighted by atomic mass is 16.5. The van der Waals surface area contributed by atoms with Crippen LogP contribution in [0.4, 0.5) is 0 Å². The lowest BCUT2D eigenvalue weighted by molar-refractivity contribution is 0.356. The van der Waals surface area contributed by atoms with Crippen LogP contribution in [-0.2, 0) is 0 Å². The van der Waals surface area contributed by atoms with Crippen LogP contribution in [0.1, 0.15) is 24.5 Å². The predicted octanol–water partition coefficient (Wildman–Crippen LogP) is 5.51. The Morgan fingerprint density at radius 1 is 0.844 bits per heavy atom. The second-order valence-electron chi connectivity index (χ2n) is 8.05. The number of benzene rings is 1. The number of methoxy groups -OCH3 is 2. The molecule has 0 spiro atoms. The van der Waals surface area contributed by atoms with Gasteiger partial charge in [-0.15, -0.1) is 0 Å². The maximum absolute atomic E-state index is 5.64. The molecule has 1 aliphatic carbocycles. The lowest BCUT2D eigenvalue weighted by Crippen LogP contribution is -1.99. The third-order valence-corrected chi connectivity index (χ3v) is 6.07. The van der Waals surface area contributed by atoms with Crippen LogP contribution in [0.2, 0.25) is 0 Å². The molecule has 0 radical (unpaired) electrons. The van der Waals surface area contributed by atoms with E-state index in [0.29, 0.717) is 11.7 Å². The summed E-state index contributed by atoms with van der Waals surface area (Å²) in [4.78, 5) is 9.31. The van der Waals surface area contributed by atoms with Crippen molar-refractivity contribution < 1.29 is 9.47 Å². The zero-order valence-corrected chi connectivity index (χ0v) is 17.9. The van der Waals surface area contributed by atoms with Crippen LogP contribution < -0.4 is 9.47 Å². The zero-order chi connectivity index (χ0) is 21.7. The first-order valence-electron chi connectivity index (χ1n) is 10.7. The monoisotopic (exact) mass is 422 g/mol. The van der Waals surface area contributed by atoms with Crippen LogP contribution in [-0.4, -0.2) is 33.8 Å². The van der Waals surface area contributed by atoms with E-state index >= 15 is 0 Å². The van der Waals surface area contributed by atoms with Gasteiger partial charge in [-0.05, 0) is 60.7 Å². The molecule has 0 atom stereocenters. The molecule has 6 nitrogen and oxygen atoms in total. The van der Waals surface area contributed by atoms with E-state index in [-0.39, 0.29) is 0 Å². The summed E-state index contributed by atoms with van der Waals surface area (Å²) in [5, 5.41) is 7.25. The molecule has 0 N–H and O–H groups in total. The SMILES string of the molecule is COc1cc2cc(C3CC3)n3nc(-c4ccccn4)c(-c4ccccn4)c3c2cc1OC. The maximum Gasteiger partial charge on any atom is 0.161 e. The number of hydrogen-bond donors (Lipinski definition) is 0. The molecule has 158 valence electrons. The molecule has 0 amide bonds. The van der Waals surface area contributed by atoms with Gasteiger partial charge in [0.2, 0.25) is 0 Å². The molecule has 0 bridgehead atoms. The number of aromatic nitrogens is 4. The van der Waals surface area contributed by atoms with E-state index < -0.39 is 0 Å². The van der Waals surface area contributed by atoms with Crippen LogP contribution in [0.15, 0.2) is 67.0 Å². The normalized spacial score (nSPS) is 13.6. The molecule has 0 saturated heterocycles. The lowest BCUT2D eigenvalue weighted by atomic mass is 10.0. The highest BCUT2D eigenvalue weighted by Gasteiger charge is 2.30. The topological polar surface area (TPSA) is 61.5 Å². The van der Waals surface area contributed by atoms with Crippen molar-refractivity contribution in [1.82, 2.24) is 19.6 Å². The second-order valence-corrected chi connectivity index (χ2v) is 8.05. The van der Waals surface area contributed by atoms with Crippen molar-refractivity contribution in [3.63, 3.8) is 0 Å². The van der Waals surface area contributed by atoms with E-state index in [0.717, 1.165) is 44.7 Å². The summed E-state index contributed by atoms with van der Waals surface area (Å²) in [5.41, 5.74) is 5.72. The summed E-state index contributed by atoms with van der Waals surface area (Å²) in [6.07, 6.45) is 5.96. The van der Waals surface area contributed by atoms with Gasteiger partial charge in [0.25, 0.3) is 0 Å². The van der Waals surface area contributed by atoms with Crippen LogP contribution in [0.3, 0.4) is 0 Å². The first-order chi connectivity index (χ1) is 15.8. The highest BCUT2D eigenvalue weighted by Crippen LogP contribution is 2.46. The Balaban J connectivity index is 1.80. The summed E-state index contributed by atoms with van der Waals surface area (Å²) in [5.74, 6) is 1.91. The summed E-state index contributed by atoms with van der Waals surface area (Å²) >= 11 is 0. The van der Waals surface area contributed by atoms with Crippen LogP contribution in [0.5, 0.6) is 11.5 Å². The fraction of sp³-hybridized carbons (Fsp3) is 0.192. The van der Waals surface area contributed by atoms with Gasteiger partial charge in [0.1, 0.15) is 5.69 Å². The number of fused-ring (bicyclic) bond motifs is 3. The Hall–Kier alpha value is -3.93. The maximum atomic E-state index is 5.64. The molecule has 32 heavy (non-hydrogen) atoms. The molecule has 6 heteroatoms. The van der Waals surface area contributed by atoms with E-state index in [2.05, 4.69) is 21.6 Å². The minimum Gasteiger partial charge on any atom is -0.493 e. The van der Waals surface area contributed by atoms with E-state index in [4.69, 9.17) is 19.6 Å². The summed E-state index contributed by atoms with van der Waals surface area (Å²) < 4.78 is 13.3. The molecule has 1 fully saturated rings. The first-order valence-corrected chi connectivity index (χ1v) is 10.7. The van der Waals surface area contributed by atoms with Crippen molar-refractivity contribution in [2.24, 2.45) is 0 Å². The Morgan fingerprint density at radius 2 is 1.53 bits per heavy atom. The van der Waals surface area contributed by atoms with Crippen molar-refractivity contribution >= 4 is 16.3 Å². The van der Waals surface area contributed by atoms with Crippen molar-refractivity contribution in [1.29, 1.82) is 0 Å². The lowest BCUT2D eigenvalue weighted by Gasteiger charge is -2.13. The van der Waals surface area contributed by atoms with Gasteiger partial charge in [-0.2, -0.15) is 5.10 Å². The summed E-state index contributed by atoms with van der Waals surface area (Å²) in [7, 11) is 3.33. The molecule has 4 aromatic heterocycles. The largest absolute Gasteiger partial charge is 0.493 e. The van der Waals surface area contributed by atoms with Gasteiger partial charge in [0, 0.05) is 29.4 Å².